The average Bonchev–Trinajstić information content (AvgIpc) is 2.46. The Kier molecular flexibility index (Phi) is 5.50. The van der Waals surface area contributed by atoms with Crippen molar-refractivity contribution in [1.29, 1.82) is 0 Å². The van der Waals surface area contributed by atoms with E-state index in [0.717, 1.165) is 12.8 Å². The van der Waals surface area contributed by atoms with Crippen molar-refractivity contribution < 1.29 is 13.7 Å². The monoisotopic (exact) mass is 325 g/mol. The lowest BCUT2D eigenvalue weighted by atomic mass is 10.0. The third-order valence-corrected chi connectivity index (χ3v) is 4.78. The van der Waals surface area contributed by atoms with Crippen LogP contribution in [0.3, 0.4) is 0 Å². The smallest absolute Gasteiger partial charge is 0.410 e. The van der Waals surface area contributed by atoms with Gasteiger partial charge in [0.25, 0.3) is 0 Å². The molecule has 22 heavy (non-hydrogen) atoms. The van der Waals surface area contributed by atoms with Gasteiger partial charge >= 0.3 is 6.09 Å². The molecule has 0 radical (unpaired) electrons. The normalized spacial score (nSPS) is 20.5. The van der Waals surface area contributed by atoms with Gasteiger partial charge in [0.2, 0.25) is 0 Å². The highest BCUT2D eigenvalue weighted by atomic mass is 32.2. The Bertz CT molecular complexity index is 531. The van der Waals surface area contributed by atoms with Gasteiger partial charge in [-0.2, -0.15) is 0 Å². The second kappa shape index (κ2) is 7.17. The molecular formula is C15H23N3O3S. The van der Waals surface area contributed by atoms with Gasteiger partial charge in [-0.25, -0.2) is 9.78 Å². The number of carbonyl (C=O) groups is 1. The summed E-state index contributed by atoms with van der Waals surface area (Å²) in [6, 6.07) is 0. The molecule has 7 heteroatoms. The fourth-order valence-electron chi connectivity index (χ4n) is 2.40. The Labute approximate surface area is 133 Å². The first kappa shape index (κ1) is 16.9. The molecule has 6 nitrogen and oxygen atoms in total. The van der Waals surface area contributed by atoms with Crippen molar-refractivity contribution >= 4 is 16.9 Å². The molecule has 0 N–H and O–H groups in total. The minimum Gasteiger partial charge on any atom is -0.444 e. The van der Waals surface area contributed by atoms with Gasteiger partial charge in [0, 0.05) is 31.2 Å². The van der Waals surface area contributed by atoms with E-state index in [-0.39, 0.29) is 12.0 Å². The van der Waals surface area contributed by atoms with Crippen molar-refractivity contribution in [3.8, 4) is 0 Å². The van der Waals surface area contributed by atoms with E-state index in [4.69, 9.17) is 4.74 Å². The number of amides is 1. The average molecular weight is 325 g/mol. The molecule has 1 aromatic rings. The van der Waals surface area contributed by atoms with Gasteiger partial charge < -0.3 is 9.64 Å². The lowest BCUT2D eigenvalue weighted by molar-refractivity contribution is 0.0176. The van der Waals surface area contributed by atoms with E-state index >= 15 is 0 Å². The van der Waals surface area contributed by atoms with Crippen molar-refractivity contribution in [2.45, 2.75) is 44.2 Å². The van der Waals surface area contributed by atoms with Gasteiger partial charge in [0.15, 0.2) is 0 Å². The Hall–Kier alpha value is -1.50. The third kappa shape index (κ3) is 5.05. The van der Waals surface area contributed by atoms with Crippen LogP contribution in [0, 0.1) is 5.92 Å². The molecule has 1 saturated heterocycles. The number of hydrogen-bond acceptors (Lipinski definition) is 5. The van der Waals surface area contributed by atoms with Gasteiger partial charge in [-0.15, -0.1) is 0 Å². The number of ether oxygens (including phenoxy) is 1. The minimum atomic E-state index is -1.18. The molecule has 122 valence electrons. The Morgan fingerprint density at radius 2 is 2.23 bits per heavy atom. The number of rotatable bonds is 3. The summed E-state index contributed by atoms with van der Waals surface area (Å²) in [5.41, 5.74) is -0.494. The van der Waals surface area contributed by atoms with Crippen molar-refractivity contribution in [1.82, 2.24) is 14.9 Å². The molecule has 2 heterocycles. The van der Waals surface area contributed by atoms with Crippen LogP contribution in [0.4, 0.5) is 4.79 Å². The summed E-state index contributed by atoms with van der Waals surface area (Å²) >= 11 is 0. The maximum atomic E-state index is 12.3. The van der Waals surface area contributed by atoms with Crippen LogP contribution >= 0.6 is 0 Å². The van der Waals surface area contributed by atoms with E-state index in [1.807, 2.05) is 20.8 Å². The second-order valence-electron chi connectivity index (χ2n) is 6.49. The summed E-state index contributed by atoms with van der Waals surface area (Å²) in [7, 11) is -1.18. The SMILES string of the molecule is CC(C)(C)OC(=O)N1CCC[C@H](C[S@](=O)c2cnccn2)C1. The first-order valence-electron chi connectivity index (χ1n) is 7.47. The Balaban J connectivity index is 1.91. The molecule has 1 aliphatic heterocycles. The molecule has 0 unspecified atom stereocenters. The first-order valence-corrected chi connectivity index (χ1v) is 8.79. The van der Waals surface area contributed by atoms with Crippen LogP contribution < -0.4 is 0 Å². The topological polar surface area (TPSA) is 72.4 Å². The number of piperidine rings is 1. The summed E-state index contributed by atoms with van der Waals surface area (Å²) in [5, 5.41) is 0.497. The fraction of sp³-hybridized carbons (Fsp3) is 0.667. The van der Waals surface area contributed by atoms with E-state index in [0.29, 0.717) is 23.9 Å². The first-order chi connectivity index (χ1) is 10.3. The van der Waals surface area contributed by atoms with Gasteiger partial charge in [-0.3, -0.25) is 9.19 Å². The van der Waals surface area contributed by atoms with Gasteiger partial charge in [-0.1, -0.05) is 0 Å². The number of likely N-dealkylation sites (tertiary alicyclic amines) is 1. The molecule has 1 aromatic heterocycles. The van der Waals surface area contributed by atoms with Crippen molar-refractivity contribution in [3.05, 3.63) is 18.6 Å². The molecule has 2 rings (SSSR count). The lowest BCUT2D eigenvalue weighted by Gasteiger charge is -2.33. The minimum absolute atomic E-state index is 0.198. The number of hydrogen-bond donors (Lipinski definition) is 0. The maximum absolute atomic E-state index is 12.3. The molecule has 1 fully saturated rings. The van der Waals surface area contributed by atoms with Gasteiger partial charge in [0.1, 0.15) is 10.6 Å². The van der Waals surface area contributed by atoms with Crippen molar-refractivity contribution in [3.63, 3.8) is 0 Å². The van der Waals surface area contributed by atoms with Crippen LogP contribution in [0.5, 0.6) is 0 Å². The van der Waals surface area contributed by atoms with Crippen LogP contribution in [0.2, 0.25) is 0 Å². The summed E-state index contributed by atoms with van der Waals surface area (Å²) in [5.74, 6) is 0.696. The Morgan fingerprint density at radius 3 is 2.86 bits per heavy atom. The summed E-state index contributed by atoms with van der Waals surface area (Å²) < 4.78 is 17.7. The molecular weight excluding hydrogens is 302 g/mol. The quantitative estimate of drug-likeness (QED) is 0.852. The highest BCUT2D eigenvalue weighted by molar-refractivity contribution is 7.84. The van der Waals surface area contributed by atoms with Crippen molar-refractivity contribution in [2.24, 2.45) is 5.92 Å². The summed E-state index contributed by atoms with van der Waals surface area (Å²) in [6.45, 7) is 6.85. The van der Waals surface area contributed by atoms with E-state index < -0.39 is 16.4 Å². The van der Waals surface area contributed by atoms with Crippen LogP contribution in [-0.2, 0) is 15.5 Å². The zero-order chi connectivity index (χ0) is 16.2. The maximum Gasteiger partial charge on any atom is 0.410 e. The predicted molar refractivity (Wildman–Crippen MR) is 83.8 cm³/mol. The van der Waals surface area contributed by atoms with Crippen LogP contribution in [0.1, 0.15) is 33.6 Å². The standard InChI is InChI=1S/C15H23N3O3S/c1-15(2,3)21-14(19)18-8-4-5-12(10-18)11-22(20)13-9-16-6-7-17-13/h6-7,9,12H,4-5,8,10-11H2,1-3H3/t12-,22-/m0/s1. The number of nitrogens with zero attached hydrogens (tertiary/aromatic N) is 3. The molecule has 1 aliphatic rings. The van der Waals surface area contributed by atoms with Crippen LogP contribution in [0.25, 0.3) is 0 Å². The molecule has 1 amide bonds. The molecule has 0 spiro atoms. The number of carbonyl (C=O) groups excluding carboxylic acids is 1. The second-order valence-corrected chi connectivity index (χ2v) is 7.93. The highest BCUT2D eigenvalue weighted by Gasteiger charge is 2.28. The Morgan fingerprint density at radius 1 is 1.45 bits per heavy atom. The van der Waals surface area contributed by atoms with Gasteiger partial charge in [0.05, 0.1) is 17.0 Å². The van der Waals surface area contributed by atoms with E-state index in [1.165, 1.54) is 6.20 Å². The predicted octanol–water partition coefficient (Wildman–Crippen LogP) is 2.23. The number of aromatic nitrogens is 2. The third-order valence-electron chi connectivity index (χ3n) is 3.33. The van der Waals surface area contributed by atoms with E-state index in [9.17, 15) is 9.00 Å². The fourth-order valence-corrected chi connectivity index (χ4v) is 3.62. The van der Waals surface area contributed by atoms with Gasteiger partial charge in [-0.05, 0) is 39.5 Å². The summed E-state index contributed by atoms with van der Waals surface area (Å²) in [6.07, 6.45) is 6.21. The molecule has 2 atom stereocenters. The van der Waals surface area contributed by atoms with E-state index in [2.05, 4.69) is 9.97 Å². The lowest BCUT2D eigenvalue weighted by Crippen LogP contribution is -2.44. The largest absolute Gasteiger partial charge is 0.444 e. The molecule has 0 saturated carbocycles. The molecule has 0 aromatic carbocycles. The molecule has 0 bridgehead atoms. The van der Waals surface area contributed by atoms with Crippen LogP contribution in [-0.4, -0.2) is 49.6 Å². The van der Waals surface area contributed by atoms with E-state index in [1.54, 1.807) is 17.3 Å². The van der Waals surface area contributed by atoms with Crippen molar-refractivity contribution in [2.75, 3.05) is 18.8 Å². The summed E-state index contributed by atoms with van der Waals surface area (Å²) in [4.78, 5) is 21.9. The zero-order valence-electron chi connectivity index (χ0n) is 13.3. The molecule has 0 aliphatic carbocycles. The van der Waals surface area contributed by atoms with Crippen LogP contribution in [0.15, 0.2) is 23.6 Å². The zero-order valence-corrected chi connectivity index (χ0v) is 14.1. The highest BCUT2D eigenvalue weighted by Crippen LogP contribution is 2.21.